The van der Waals surface area contributed by atoms with Crippen LogP contribution in [0.2, 0.25) is 0 Å². The van der Waals surface area contributed by atoms with E-state index in [0.29, 0.717) is 30.2 Å². The summed E-state index contributed by atoms with van der Waals surface area (Å²) in [6.07, 6.45) is 4.64. The Morgan fingerprint density at radius 2 is 2.31 bits per heavy atom. The predicted molar refractivity (Wildman–Crippen MR) is 68.0 cm³/mol. The van der Waals surface area contributed by atoms with Crippen molar-refractivity contribution in [2.75, 3.05) is 5.75 Å². The molecule has 1 N–H and O–H groups in total. The Bertz CT molecular complexity index is 305. The van der Waals surface area contributed by atoms with Gasteiger partial charge >= 0.3 is 0 Å². The zero-order valence-electron chi connectivity index (χ0n) is 9.98. The molecule has 2 saturated heterocycles. The van der Waals surface area contributed by atoms with E-state index in [2.05, 4.69) is 19.2 Å². The maximum absolute atomic E-state index is 5.84. The van der Waals surface area contributed by atoms with Crippen molar-refractivity contribution in [1.82, 2.24) is 5.32 Å². The minimum atomic E-state index is 0.450. The molecule has 90 valence electrons. The second kappa shape index (κ2) is 4.22. The highest BCUT2D eigenvalue weighted by molar-refractivity contribution is 8.14. The third-order valence-corrected chi connectivity index (χ3v) is 4.86. The molecule has 0 aromatic heterocycles. The summed E-state index contributed by atoms with van der Waals surface area (Å²) in [5.41, 5.74) is 0. The Balaban J connectivity index is 1.58. The first-order chi connectivity index (χ1) is 7.72. The van der Waals surface area contributed by atoms with Gasteiger partial charge in [-0.1, -0.05) is 25.6 Å². The summed E-state index contributed by atoms with van der Waals surface area (Å²) < 4.78 is 5.84. The van der Waals surface area contributed by atoms with Crippen LogP contribution in [0.3, 0.4) is 0 Å². The van der Waals surface area contributed by atoms with Crippen molar-refractivity contribution in [2.24, 2.45) is 10.9 Å². The third-order valence-electron chi connectivity index (χ3n) is 3.86. The van der Waals surface area contributed by atoms with Gasteiger partial charge in [0, 0.05) is 5.75 Å². The minimum Gasteiger partial charge on any atom is -0.373 e. The lowest BCUT2D eigenvalue weighted by Crippen LogP contribution is -2.39. The monoisotopic (exact) mass is 240 g/mol. The number of nitrogens with zero attached hydrogens (tertiary/aromatic N) is 1. The van der Waals surface area contributed by atoms with Crippen LogP contribution in [0.1, 0.15) is 33.1 Å². The fourth-order valence-electron chi connectivity index (χ4n) is 2.76. The van der Waals surface area contributed by atoms with Crippen LogP contribution < -0.4 is 5.32 Å². The van der Waals surface area contributed by atoms with Crippen LogP contribution in [0.4, 0.5) is 0 Å². The molecule has 0 aromatic rings. The number of ether oxygens (including phenoxy) is 1. The Kier molecular flexibility index (Phi) is 2.88. The van der Waals surface area contributed by atoms with Gasteiger partial charge in [0.2, 0.25) is 0 Å². The summed E-state index contributed by atoms with van der Waals surface area (Å²) >= 11 is 1.88. The molecule has 4 heteroatoms. The molecule has 3 nitrogen and oxygen atoms in total. The van der Waals surface area contributed by atoms with E-state index in [-0.39, 0.29) is 0 Å². The summed E-state index contributed by atoms with van der Waals surface area (Å²) in [5.74, 6) is 1.80. The highest BCUT2D eigenvalue weighted by atomic mass is 32.2. The van der Waals surface area contributed by atoms with E-state index in [0.717, 1.165) is 10.9 Å². The summed E-state index contributed by atoms with van der Waals surface area (Å²) in [6.45, 7) is 4.50. The molecular formula is C12H20N2OS. The standard InChI is InChI=1S/C12H20N2OS/c1-7(2)10-6-16-12(14-10)13-9-5-8-3-4-11(9)15-8/h7-11H,3-6H2,1-2H3,(H,13,14)/t8?,9?,10-,11?/m1/s1. The molecule has 3 aliphatic rings. The lowest BCUT2D eigenvalue weighted by Gasteiger charge is -2.20. The van der Waals surface area contributed by atoms with E-state index in [9.17, 15) is 0 Å². The number of rotatable bonds is 2. The number of hydrogen-bond donors (Lipinski definition) is 1. The van der Waals surface area contributed by atoms with E-state index in [1.807, 2.05) is 11.8 Å². The van der Waals surface area contributed by atoms with Crippen molar-refractivity contribution in [2.45, 2.75) is 57.4 Å². The van der Waals surface area contributed by atoms with Gasteiger partial charge in [-0.2, -0.15) is 0 Å². The fraction of sp³-hybridized carbons (Fsp3) is 0.917. The van der Waals surface area contributed by atoms with Crippen molar-refractivity contribution < 1.29 is 4.74 Å². The molecule has 2 bridgehead atoms. The van der Waals surface area contributed by atoms with Gasteiger partial charge in [0.05, 0.1) is 24.3 Å². The Morgan fingerprint density at radius 1 is 1.44 bits per heavy atom. The van der Waals surface area contributed by atoms with Crippen LogP contribution in [0.25, 0.3) is 0 Å². The number of fused-ring (bicyclic) bond motifs is 2. The summed E-state index contributed by atoms with van der Waals surface area (Å²) in [4.78, 5) is 4.75. The number of nitrogens with one attached hydrogen (secondary N) is 1. The molecule has 0 radical (unpaired) electrons. The molecule has 0 amide bonds. The zero-order chi connectivity index (χ0) is 11.1. The number of thioether (sulfide) groups is 1. The maximum atomic E-state index is 5.84. The van der Waals surface area contributed by atoms with Gasteiger partial charge in [0.25, 0.3) is 0 Å². The van der Waals surface area contributed by atoms with Gasteiger partial charge in [0.15, 0.2) is 5.17 Å². The molecule has 4 atom stereocenters. The normalized spacial score (nSPS) is 41.8. The van der Waals surface area contributed by atoms with Gasteiger partial charge in [-0.3, -0.25) is 4.99 Å². The lowest BCUT2D eigenvalue weighted by molar-refractivity contribution is 0.0994. The Labute approximate surface area is 101 Å². The van der Waals surface area contributed by atoms with Crippen LogP contribution in [0.5, 0.6) is 0 Å². The van der Waals surface area contributed by atoms with Crippen molar-refractivity contribution in [3.63, 3.8) is 0 Å². The van der Waals surface area contributed by atoms with Crippen molar-refractivity contribution >= 4 is 16.9 Å². The Morgan fingerprint density at radius 3 is 2.88 bits per heavy atom. The number of hydrogen-bond acceptors (Lipinski definition) is 4. The van der Waals surface area contributed by atoms with Crippen LogP contribution in [-0.2, 0) is 4.74 Å². The van der Waals surface area contributed by atoms with Crippen LogP contribution >= 0.6 is 11.8 Å². The van der Waals surface area contributed by atoms with E-state index >= 15 is 0 Å². The van der Waals surface area contributed by atoms with E-state index in [4.69, 9.17) is 9.73 Å². The molecule has 3 unspecified atom stereocenters. The smallest absolute Gasteiger partial charge is 0.157 e. The molecule has 3 rings (SSSR count). The largest absolute Gasteiger partial charge is 0.373 e. The predicted octanol–water partition coefficient (Wildman–Crippen LogP) is 2.02. The molecule has 0 aliphatic carbocycles. The quantitative estimate of drug-likeness (QED) is 0.802. The molecule has 3 heterocycles. The summed E-state index contributed by atoms with van der Waals surface area (Å²) in [5, 5.41) is 4.73. The summed E-state index contributed by atoms with van der Waals surface area (Å²) in [7, 11) is 0. The van der Waals surface area contributed by atoms with E-state index in [1.54, 1.807) is 0 Å². The first-order valence-electron chi connectivity index (χ1n) is 6.35. The zero-order valence-corrected chi connectivity index (χ0v) is 10.8. The summed E-state index contributed by atoms with van der Waals surface area (Å²) in [6, 6.07) is 1.03. The second-order valence-electron chi connectivity index (χ2n) is 5.42. The molecule has 3 aliphatic heterocycles. The van der Waals surface area contributed by atoms with Crippen molar-refractivity contribution in [3.05, 3.63) is 0 Å². The average Bonchev–Trinajstić information content (AvgIpc) is 2.91. The molecule has 2 fully saturated rings. The topological polar surface area (TPSA) is 33.6 Å². The molecule has 16 heavy (non-hydrogen) atoms. The molecule has 0 spiro atoms. The minimum absolute atomic E-state index is 0.450. The SMILES string of the molecule is CC(C)[C@H]1CSC(NC2CC3CCC2O3)=N1. The third kappa shape index (κ3) is 1.97. The van der Waals surface area contributed by atoms with E-state index < -0.39 is 0 Å². The van der Waals surface area contributed by atoms with Crippen LogP contribution in [0, 0.1) is 5.92 Å². The van der Waals surface area contributed by atoms with Gasteiger partial charge < -0.3 is 10.1 Å². The fourth-order valence-corrected chi connectivity index (χ4v) is 3.99. The Hall–Kier alpha value is -0.220. The first kappa shape index (κ1) is 10.9. The van der Waals surface area contributed by atoms with Crippen molar-refractivity contribution in [3.8, 4) is 0 Å². The first-order valence-corrected chi connectivity index (χ1v) is 7.33. The van der Waals surface area contributed by atoms with Crippen LogP contribution in [-0.4, -0.2) is 35.2 Å². The van der Waals surface area contributed by atoms with E-state index in [1.165, 1.54) is 19.3 Å². The highest BCUT2D eigenvalue weighted by Gasteiger charge is 2.41. The van der Waals surface area contributed by atoms with Crippen LogP contribution in [0.15, 0.2) is 4.99 Å². The number of aliphatic imine (C=N–C) groups is 1. The van der Waals surface area contributed by atoms with Crippen molar-refractivity contribution in [1.29, 1.82) is 0 Å². The van der Waals surface area contributed by atoms with Gasteiger partial charge in [-0.15, -0.1) is 0 Å². The number of amidine groups is 1. The molecular weight excluding hydrogens is 220 g/mol. The van der Waals surface area contributed by atoms with Gasteiger partial charge in [0.1, 0.15) is 0 Å². The van der Waals surface area contributed by atoms with Gasteiger partial charge in [-0.25, -0.2) is 0 Å². The average molecular weight is 240 g/mol. The molecule has 0 saturated carbocycles. The highest BCUT2D eigenvalue weighted by Crippen LogP contribution is 2.35. The second-order valence-corrected chi connectivity index (χ2v) is 6.43. The maximum Gasteiger partial charge on any atom is 0.157 e. The molecule has 0 aromatic carbocycles. The van der Waals surface area contributed by atoms with Gasteiger partial charge in [-0.05, 0) is 25.2 Å². The lowest BCUT2D eigenvalue weighted by atomic mass is 9.96.